The van der Waals surface area contributed by atoms with E-state index in [0.717, 1.165) is 0 Å². The number of ether oxygens (including phenoxy) is 1. The summed E-state index contributed by atoms with van der Waals surface area (Å²) >= 11 is 11.0. The molecule has 0 bridgehead atoms. The number of halogens is 2. The van der Waals surface area contributed by atoms with Gasteiger partial charge in [0, 0.05) is 16.3 Å². The Kier molecular flexibility index (Phi) is 6.01. The Morgan fingerprint density at radius 3 is 2.04 bits per heavy atom. The molecule has 0 radical (unpaired) electrons. The van der Waals surface area contributed by atoms with Gasteiger partial charge in [-0.2, -0.15) is 0 Å². The van der Waals surface area contributed by atoms with E-state index in [4.69, 9.17) is 28.6 Å². The second kappa shape index (κ2) is 8.62. The van der Waals surface area contributed by atoms with Gasteiger partial charge in [-0.15, -0.1) is 0 Å². The normalized spacial score (nSPS) is 10.1. The van der Waals surface area contributed by atoms with Gasteiger partial charge in [0.15, 0.2) is 5.11 Å². The molecule has 3 rings (SSSR count). The van der Waals surface area contributed by atoms with Crippen LogP contribution in [0.15, 0.2) is 72.8 Å². The molecule has 0 atom stereocenters. The highest BCUT2D eigenvalue weighted by Crippen LogP contribution is 2.24. The Labute approximate surface area is 165 Å². The number of thiocarbonyl (C=S) groups is 1. The van der Waals surface area contributed by atoms with Crippen molar-refractivity contribution in [3.05, 3.63) is 89.2 Å². The second-order valence-electron chi connectivity index (χ2n) is 5.50. The van der Waals surface area contributed by atoms with Crippen molar-refractivity contribution in [2.75, 3.05) is 5.32 Å². The minimum atomic E-state index is -0.421. The standard InChI is InChI=1S/C20H14ClFN2O2S/c21-14-3-9-17(10-4-14)26-18-11-7-16(8-12-18)23-20(27)24-19(25)13-1-5-15(22)6-2-13/h1-12H,(H2,23,24,25,27). The maximum absolute atomic E-state index is 12.9. The number of hydrogen-bond donors (Lipinski definition) is 2. The molecule has 1 amide bonds. The number of benzene rings is 3. The van der Waals surface area contributed by atoms with Crippen LogP contribution in [0.2, 0.25) is 5.02 Å². The Morgan fingerprint density at radius 1 is 0.889 bits per heavy atom. The van der Waals surface area contributed by atoms with Gasteiger partial charge in [0.2, 0.25) is 0 Å². The summed E-state index contributed by atoms with van der Waals surface area (Å²) in [6.07, 6.45) is 0. The van der Waals surface area contributed by atoms with Gasteiger partial charge in [0.25, 0.3) is 5.91 Å². The van der Waals surface area contributed by atoms with Gasteiger partial charge in [0.05, 0.1) is 0 Å². The maximum atomic E-state index is 12.9. The topological polar surface area (TPSA) is 50.4 Å². The average molecular weight is 401 g/mol. The molecule has 27 heavy (non-hydrogen) atoms. The van der Waals surface area contributed by atoms with Gasteiger partial charge in [0.1, 0.15) is 17.3 Å². The highest BCUT2D eigenvalue weighted by Gasteiger charge is 2.08. The fourth-order valence-electron chi connectivity index (χ4n) is 2.18. The maximum Gasteiger partial charge on any atom is 0.257 e. The highest BCUT2D eigenvalue weighted by atomic mass is 35.5. The smallest absolute Gasteiger partial charge is 0.257 e. The number of carbonyl (C=O) groups is 1. The number of anilines is 1. The van der Waals surface area contributed by atoms with Crippen LogP contribution in [0.5, 0.6) is 11.5 Å². The molecule has 0 saturated heterocycles. The molecule has 0 spiro atoms. The number of amides is 1. The van der Waals surface area contributed by atoms with Crippen LogP contribution in [0.3, 0.4) is 0 Å². The van der Waals surface area contributed by atoms with E-state index < -0.39 is 11.7 Å². The van der Waals surface area contributed by atoms with Crippen LogP contribution < -0.4 is 15.4 Å². The van der Waals surface area contributed by atoms with E-state index in [-0.39, 0.29) is 5.11 Å². The molecular weight excluding hydrogens is 387 g/mol. The SMILES string of the molecule is O=C(NC(=S)Nc1ccc(Oc2ccc(Cl)cc2)cc1)c1ccc(F)cc1. The van der Waals surface area contributed by atoms with Crippen molar-refractivity contribution >= 4 is 40.5 Å². The summed E-state index contributed by atoms with van der Waals surface area (Å²) in [7, 11) is 0. The Bertz CT molecular complexity index is 945. The van der Waals surface area contributed by atoms with Gasteiger partial charge in [-0.3, -0.25) is 10.1 Å². The van der Waals surface area contributed by atoms with E-state index in [1.54, 1.807) is 48.5 Å². The lowest BCUT2D eigenvalue weighted by atomic mass is 10.2. The van der Waals surface area contributed by atoms with Crippen LogP contribution >= 0.6 is 23.8 Å². The first kappa shape index (κ1) is 18.8. The predicted octanol–water partition coefficient (Wildman–Crippen LogP) is 5.40. The molecule has 0 aliphatic heterocycles. The lowest BCUT2D eigenvalue weighted by molar-refractivity contribution is 0.0977. The van der Waals surface area contributed by atoms with Gasteiger partial charge < -0.3 is 10.1 Å². The van der Waals surface area contributed by atoms with Gasteiger partial charge in [-0.25, -0.2) is 4.39 Å². The average Bonchev–Trinajstić information content (AvgIpc) is 2.65. The number of hydrogen-bond acceptors (Lipinski definition) is 3. The predicted molar refractivity (Wildman–Crippen MR) is 108 cm³/mol. The fourth-order valence-corrected chi connectivity index (χ4v) is 2.52. The first-order valence-corrected chi connectivity index (χ1v) is 8.69. The molecule has 2 N–H and O–H groups in total. The molecule has 136 valence electrons. The van der Waals surface area contributed by atoms with E-state index in [0.29, 0.717) is 27.8 Å². The van der Waals surface area contributed by atoms with Crippen molar-refractivity contribution in [1.29, 1.82) is 0 Å². The summed E-state index contributed by atoms with van der Waals surface area (Å²) in [6, 6.07) is 19.3. The zero-order valence-electron chi connectivity index (χ0n) is 13.9. The first-order chi connectivity index (χ1) is 13.0. The van der Waals surface area contributed by atoms with Gasteiger partial charge >= 0.3 is 0 Å². The molecule has 0 saturated carbocycles. The molecule has 0 fully saturated rings. The summed E-state index contributed by atoms with van der Waals surface area (Å²) in [4.78, 5) is 12.0. The molecule has 0 heterocycles. The van der Waals surface area contributed by atoms with Crippen LogP contribution in [-0.2, 0) is 0 Å². The molecule has 0 aromatic heterocycles. The Hall–Kier alpha value is -2.96. The summed E-state index contributed by atoms with van der Waals surface area (Å²) in [5.41, 5.74) is 0.995. The van der Waals surface area contributed by atoms with Crippen molar-refractivity contribution in [2.24, 2.45) is 0 Å². The Morgan fingerprint density at radius 2 is 1.44 bits per heavy atom. The van der Waals surface area contributed by atoms with E-state index >= 15 is 0 Å². The van der Waals surface area contributed by atoms with Crippen LogP contribution in [0, 0.1) is 5.82 Å². The second-order valence-corrected chi connectivity index (χ2v) is 6.34. The molecular formula is C20H14ClFN2O2S. The molecule has 4 nitrogen and oxygen atoms in total. The van der Waals surface area contributed by atoms with Gasteiger partial charge in [-0.05, 0) is 85.0 Å². The highest BCUT2D eigenvalue weighted by molar-refractivity contribution is 7.80. The van der Waals surface area contributed by atoms with Crippen molar-refractivity contribution in [3.63, 3.8) is 0 Å². The third-order valence-corrected chi connectivity index (χ3v) is 3.95. The lowest BCUT2D eigenvalue weighted by Gasteiger charge is -2.11. The summed E-state index contributed by atoms with van der Waals surface area (Å²) < 4.78 is 18.6. The molecule has 3 aromatic rings. The number of nitrogens with one attached hydrogen (secondary N) is 2. The van der Waals surface area contributed by atoms with Crippen molar-refractivity contribution in [1.82, 2.24) is 5.32 Å². The van der Waals surface area contributed by atoms with Gasteiger partial charge in [-0.1, -0.05) is 11.6 Å². The monoisotopic (exact) mass is 400 g/mol. The molecule has 7 heteroatoms. The zero-order chi connectivity index (χ0) is 19.2. The van der Waals surface area contributed by atoms with Crippen molar-refractivity contribution in [2.45, 2.75) is 0 Å². The zero-order valence-corrected chi connectivity index (χ0v) is 15.5. The van der Waals surface area contributed by atoms with Crippen LogP contribution in [0.1, 0.15) is 10.4 Å². The first-order valence-electron chi connectivity index (χ1n) is 7.91. The van der Waals surface area contributed by atoms with Crippen LogP contribution in [0.4, 0.5) is 10.1 Å². The largest absolute Gasteiger partial charge is 0.457 e. The van der Waals surface area contributed by atoms with Crippen LogP contribution in [-0.4, -0.2) is 11.0 Å². The van der Waals surface area contributed by atoms with Crippen LogP contribution in [0.25, 0.3) is 0 Å². The van der Waals surface area contributed by atoms with Crippen molar-refractivity contribution < 1.29 is 13.9 Å². The third-order valence-electron chi connectivity index (χ3n) is 3.49. The lowest BCUT2D eigenvalue weighted by Crippen LogP contribution is -2.34. The van der Waals surface area contributed by atoms with E-state index in [2.05, 4.69) is 10.6 Å². The quantitative estimate of drug-likeness (QED) is 0.576. The third kappa shape index (κ3) is 5.51. The molecule has 0 aliphatic carbocycles. The van der Waals surface area contributed by atoms with Crippen molar-refractivity contribution in [3.8, 4) is 11.5 Å². The van der Waals surface area contributed by atoms with E-state index in [1.807, 2.05) is 0 Å². The minimum absolute atomic E-state index is 0.135. The summed E-state index contributed by atoms with van der Waals surface area (Å²) in [5, 5.41) is 6.22. The molecule has 0 aliphatic rings. The molecule has 0 unspecified atom stereocenters. The summed E-state index contributed by atoms with van der Waals surface area (Å²) in [6.45, 7) is 0. The number of rotatable bonds is 4. The fraction of sp³-hybridized carbons (Fsp3) is 0. The van der Waals surface area contributed by atoms with E-state index in [1.165, 1.54) is 24.3 Å². The summed E-state index contributed by atoms with van der Waals surface area (Å²) in [5.74, 6) is 0.481. The Balaban J connectivity index is 1.55. The molecule has 3 aromatic carbocycles. The minimum Gasteiger partial charge on any atom is -0.457 e. The number of carbonyl (C=O) groups excluding carboxylic acids is 1. The van der Waals surface area contributed by atoms with E-state index in [9.17, 15) is 9.18 Å².